The number of benzene rings is 1. The van der Waals surface area contributed by atoms with Crippen LogP contribution in [0.25, 0.3) is 10.6 Å². The number of aromatic nitrogens is 1. The molecular formula is C17H21NO2S2. The Hall–Kier alpha value is -1.33. The number of hydrogen-bond acceptors (Lipinski definition) is 5. The molecule has 0 amide bonds. The Kier molecular flexibility index (Phi) is 6.46. The van der Waals surface area contributed by atoms with Crippen molar-refractivity contribution in [2.24, 2.45) is 0 Å². The fraction of sp³-hybridized carbons (Fsp3) is 0.412. The first-order valence-corrected chi connectivity index (χ1v) is 9.41. The molecule has 3 nitrogen and oxygen atoms in total. The lowest BCUT2D eigenvalue weighted by molar-refractivity contribution is -0.139. The highest BCUT2D eigenvalue weighted by Gasteiger charge is 2.07. The second kappa shape index (κ2) is 8.34. The number of nitrogens with zero attached hydrogens (tertiary/aromatic N) is 1. The van der Waals surface area contributed by atoms with E-state index in [1.165, 1.54) is 17.3 Å². The zero-order valence-corrected chi connectivity index (χ0v) is 14.8. The van der Waals surface area contributed by atoms with Crippen molar-refractivity contribution >= 4 is 29.1 Å². The highest BCUT2D eigenvalue weighted by atomic mass is 32.2. The summed E-state index contributed by atoms with van der Waals surface area (Å²) in [5, 5.41) is 3.09. The molecule has 0 saturated heterocycles. The average Bonchev–Trinajstić information content (AvgIpc) is 2.96. The maximum Gasteiger partial charge on any atom is 0.315 e. The summed E-state index contributed by atoms with van der Waals surface area (Å²) in [6.45, 7) is 6.64. The summed E-state index contributed by atoms with van der Waals surface area (Å²) in [7, 11) is 0. The van der Waals surface area contributed by atoms with E-state index < -0.39 is 0 Å². The molecule has 1 aromatic carbocycles. The summed E-state index contributed by atoms with van der Waals surface area (Å²) >= 11 is 3.18. The third-order valence-corrected chi connectivity index (χ3v) is 5.03. The number of hydrogen-bond donors (Lipinski definition) is 0. The molecule has 0 aliphatic heterocycles. The van der Waals surface area contributed by atoms with Crippen LogP contribution in [0.4, 0.5) is 0 Å². The molecule has 0 atom stereocenters. The fourth-order valence-corrected chi connectivity index (χ4v) is 3.60. The highest BCUT2D eigenvalue weighted by molar-refractivity contribution is 7.99. The van der Waals surface area contributed by atoms with Crippen LogP contribution in [0.1, 0.15) is 37.9 Å². The van der Waals surface area contributed by atoms with Crippen molar-refractivity contribution in [3.05, 3.63) is 40.9 Å². The highest BCUT2D eigenvalue weighted by Crippen LogP contribution is 2.27. The standard InChI is InChI=1S/C17H21NO2S2/c1-4-20-16(19)11-21-9-15-10-22-17(18-15)14-7-5-13(6-8-14)12(2)3/h5-8,10,12H,4,9,11H2,1-3H3. The van der Waals surface area contributed by atoms with Gasteiger partial charge in [0.2, 0.25) is 0 Å². The van der Waals surface area contributed by atoms with E-state index in [9.17, 15) is 4.79 Å². The number of thioether (sulfide) groups is 1. The lowest BCUT2D eigenvalue weighted by Crippen LogP contribution is -2.06. The SMILES string of the molecule is CCOC(=O)CSCc1csc(-c2ccc(C(C)C)cc2)n1. The van der Waals surface area contributed by atoms with Gasteiger partial charge in [-0.2, -0.15) is 0 Å². The van der Waals surface area contributed by atoms with E-state index in [2.05, 4.69) is 48.5 Å². The molecule has 0 N–H and O–H groups in total. The second-order valence-corrected chi connectivity index (χ2v) is 7.06. The van der Waals surface area contributed by atoms with Crippen LogP contribution in [0.2, 0.25) is 0 Å². The molecule has 0 bridgehead atoms. The summed E-state index contributed by atoms with van der Waals surface area (Å²) < 4.78 is 4.91. The molecule has 0 aliphatic carbocycles. The third-order valence-electron chi connectivity index (χ3n) is 3.15. The van der Waals surface area contributed by atoms with E-state index in [1.807, 2.05) is 6.92 Å². The van der Waals surface area contributed by atoms with Gasteiger partial charge in [-0.05, 0) is 18.4 Å². The van der Waals surface area contributed by atoms with Crippen molar-refractivity contribution in [3.63, 3.8) is 0 Å². The van der Waals surface area contributed by atoms with Crippen molar-refractivity contribution in [3.8, 4) is 10.6 Å². The summed E-state index contributed by atoms with van der Waals surface area (Å²) in [4.78, 5) is 15.9. The molecular weight excluding hydrogens is 314 g/mol. The molecule has 22 heavy (non-hydrogen) atoms. The molecule has 1 aromatic heterocycles. The van der Waals surface area contributed by atoms with Crippen LogP contribution in [0.5, 0.6) is 0 Å². The topological polar surface area (TPSA) is 39.2 Å². The van der Waals surface area contributed by atoms with Gasteiger partial charge in [0.05, 0.1) is 18.1 Å². The van der Waals surface area contributed by atoms with E-state index in [-0.39, 0.29) is 5.97 Å². The Bertz CT molecular complexity index is 605. The number of rotatable bonds is 7. The van der Waals surface area contributed by atoms with Gasteiger partial charge in [-0.1, -0.05) is 38.1 Å². The van der Waals surface area contributed by atoms with Crippen molar-refractivity contribution in [2.45, 2.75) is 32.4 Å². The number of thiazole rings is 1. The zero-order chi connectivity index (χ0) is 15.9. The van der Waals surface area contributed by atoms with Gasteiger partial charge in [0.1, 0.15) is 5.01 Å². The van der Waals surface area contributed by atoms with Gasteiger partial charge in [0.15, 0.2) is 0 Å². The lowest BCUT2D eigenvalue weighted by atomic mass is 10.0. The predicted molar refractivity (Wildman–Crippen MR) is 94.4 cm³/mol. The van der Waals surface area contributed by atoms with Gasteiger partial charge in [0.25, 0.3) is 0 Å². The zero-order valence-electron chi connectivity index (χ0n) is 13.2. The van der Waals surface area contributed by atoms with Gasteiger partial charge in [-0.25, -0.2) is 4.98 Å². The first-order chi connectivity index (χ1) is 10.6. The Morgan fingerprint density at radius 3 is 2.68 bits per heavy atom. The van der Waals surface area contributed by atoms with Crippen LogP contribution in [0, 0.1) is 0 Å². The lowest BCUT2D eigenvalue weighted by Gasteiger charge is -2.05. The number of esters is 1. The maximum absolute atomic E-state index is 11.3. The van der Waals surface area contributed by atoms with Crippen LogP contribution < -0.4 is 0 Å². The van der Waals surface area contributed by atoms with Crippen LogP contribution in [0.15, 0.2) is 29.6 Å². The van der Waals surface area contributed by atoms with Crippen molar-refractivity contribution in [1.29, 1.82) is 0 Å². The van der Waals surface area contributed by atoms with E-state index in [0.717, 1.165) is 22.0 Å². The van der Waals surface area contributed by atoms with E-state index in [4.69, 9.17) is 4.74 Å². The minimum Gasteiger partial charge on any atom is -0.465 e. The van der Waals surface area contributed by atoms with Crippen LogP contribution >= 0.6 is 23.1 Å². The summed E-state index contributed by atoms with van der Waals surface area (Å²) in [6.07, 6.45) is 0. The van der Waals surface area contributed by atoms with Gasteiger partial charge < -0.3 is 4.74 Å². The monoisotopic (exact) mass is 335 g/mol. The molecule has 5 heteroatoms. The Balaban J connectivity index is 1.92. The second-order valence-electron chi connectivity index (χ2n) is 5.22. The Morgan fingerprint density at radius 1 is 1.32 bits per heavy atom. The Labute approximate surface area is 140 Å². The largest absolute Gasteiger partial charge is 0.465 e. The van der Waals surface area contributed by atoms with Crippen molar-refractivity contribution in [1.82, 2.24) is 4.98 Å². The number of carbonyl (C=O) groups is 1. The molecule has 118 valence electrons. The predicted octanol–water partition coefficient (Wildman–Crippen LogP) is 4.73. The van der Waals surface area contributed by atoms with Gasteiger partial charge in [0, 0.05) is 16.7 Å². The molecule has 0 unspecified atom stereocenters. The average molecular weight is 335 g/mol. The number of carbonyl (C=O) groups excluding carboxylic acids is 1. The molecule has 0 aliphatic rings. The summed E-state index contributed by atoms with van der Waals surface area (Å²) in [5.74, 6) is 1.50. The third kappa shape index (κ3) is 4.85. The van der Waals surface area contributed by atoms with Crippen LogP contribution in [-0.4, -0.2) is 23.3 Å². The number of ether oxygens (including phenoxy) is 1. The fourth-order valence-electron chi connectivity index (χ4n) is 1.96. The molecule has 0 fully saturated rings. The molecule has 1 heterocycles. The van der Waals surface area contributed by atoms with Crippen molar-refractivity contribution < 1.29 is 9.53 Å². The van der Waals surface area contributed by atoms with Gasteiger partial charge in [-0.3, -0.25) is 4.79 Å². The van der Waals surface area contributed by atoms with Gasteiger partial charge >= 0.3 is 5.97 Å². The van der Waals surface area contributed by atoms with E-state index in [1.54, 1.807) is 11.3 Å². The molecule has 2 aromatic rings. The molecule has 0 spiro atoms. The van der Waals surface area contributed by atoms with Crippen LogP contribution in [-0.2, 0) is 15.3 Å². The van der Waals surface area contributed by atoms with E-state index >= 15 is 0 Å². The Morgan fingerprint density at radius 2 is 2.05 bits per heavy atom. The molecule has 2 rings (SSSR count). The van der Waals surface area contributed by atoms with Gasteiger partial charge in [-0.15, -0.1) is 23.1 Å². The molecule has 0 saturated carbocycles. The minimum atomic E-state index is -0.160. The van der Waals surface area contributed by atoms with E-state index in [0.29, 0.717) is 18.3 Å². The normalized spacial score (nSPS) is 10.9. The smallest absolute Gasteiger partial charge is 0.315 e. The van der Waals surface area contributed by atoms with Crippen molar-refractivity contribution in [2.75, 3.05) is 12.4 Å². The van der Waals surface area contributed by atoms with Crippen LogP contribution in [0.3, 0.4) is 0 Å². The quantitative estimate of drug-likeness (QED) is 0.686. The minimum absolute atomic E-state index is 0.160. The first-order valence-electron chi connectivity index (χ1n) is 7.38. The molecule has 0 radical (unpaired) electrons. The first kappa shape index (κ1) is 17.0. The maximum atomic E-state index is 11.3. The summed E-state index contributed by atoms with van der Waals surface area (Å²) in [6, 6.07) is 8.58. The summed E-state index contributed by atoms with van der Waals surface area (Å²) in [5.41, 5.74) is 3.50.